The highest BCUT2D eigenvalue weighted by Gasteiger charge is 2.46. The molecule has 196 valence electrons. The first kappa shape index (κ1) is 27.0. The molecule has 0 unspecified atom stereocenters. The fourth-order valence-corrected chi connectivity index (χ4v) is 3.90. The minimum Gasteiger partial charge on any atom is -0.504 e. The minimum atomic E-state index is -4.58. The Hall–Kier alpha value is -3.57. The van der Waals surface area contributed by atoms with Crippen molar-refractivity contribution in [2.45, 2.75) is 70.8 Å². The van der Waals surface area contributed by atoms with Gasteiger partial charge in [-0.3, -0.25) is 0 Å². The number of carbonyl (C=O) groups is 2. The monoisotopic (exact) mass is 510 g/mol. The standard InChI is InChI=1S/C24H29F3N4O5/c1-6-23(20(34)35-7-2)11-16(14-10-13(24(25,26)27)8-9-15(14)31-23)29-21-28-12-17(32)18(30-21)19(33)36-22(3,4)5/h8-10,12,16,31-32H,6-7,11H2,1-5H3,(H,28,29,30)/t16-,23+/m0/s1. The number of carbonyl (C=O) groups excluding carboxylic acids is 2. The highest BCUT2D eigenvalue weighted by atomic mass is 19.4. The summed E-state index contributed by atoms with van der Waals surface area (Å²) in [5.74, 6) is -2.11. The van der Waals surface area contributed by atoms with Crippen molar-refractivity contribution in [1.82, 2.24) is 9.97 Å². The lowest BCUT2D eigenvalue weighted by molar-refractivity contribution is -0.149. The van der Waals surface area contributed by atoms with Crippen LogP contribution in [0.4, 0.5) is 24.8 Å². The number of rotatable bonds is 6. The number of hydrogen-bond donors (Lipinski definition) is 3. The quantitative estimate of drug-likeness (QED) is 0.469. The highest BCUT2D eigenvalue weighted by Crippen LogP contribution is 2.43. The fourth-order valence-electron chi connectivity index (χ4n) is 3.90. The Morgan fingerprint density at radius 3 is 2.53 bits per heavy atom. The summed E-state index contributed by atoms with van der Waals surface area (Å²) in [6.07, 6.45) is -3.31. The zero-order valence-electron chi connectivity index (χ0n) is 20.6. The molecule has 0 saturated heterocycles. The molecule has 3 rings (SSSR count). The van der Waals surface area contributed by atoms with Gasteiger partial charge < -0.3 is 25.2 Å². The Kier molecular flexibility index (Phi) is 7.37. The number of halogens is 3. The third-order valence-corrected chi connectivity index (χ3v) is 5.62. The number of esters is 2. The van der Waals surface area contributed by atoms with Crippen molar-refractivity contribution in [3.05, 3.63) is 41.2 Å². The normalized spacial score (nSPS) is 19.6. The van der Waals surface area contributed by atoms with Crippen molar-refractivity contribution in [3.8, 4) is 5.75 Å². The molecule has 0 spiro atoms. The molecule has 1 aromatic carbocycles. The van der Waals surface area contributed by atoms with E-state index in [9.17, 15) is 27.9 Å². The molecule has 12 heteroatoms. The number of benzene rings is 1. The number of aromatic hydroxyl groups is 1. The fraction of sp³-hybridized carbons (Fsp3) is 0.500. The molecule has 3 N–H and O–H groups in total. The zero-order chi connectivity index (χ0) is 26.9. The molecule has 1 aromatic heterocycles. The third kappa shape index (κ3) is 5.80. The van der Waals surface area contributed by atoms with Crippen molar-refractivity contribution in [2.24, 2.45) is 0 Å². The molecule has 2 atom stereocenters. The lowest BCUT2D eigenvalue weighted by Gasteiger charge is -2.41. The molecule has 9 nitrogen and oxygen atoms in total. The van der Waals surface area contributed by atoms with E-state index in [4.69, 9.17) is 9.47 Å². The Morgan fingerprint density at radius 1 is 1.25 bits per heavy atom. The van der Waals surface area contributed by atoms with Crippen LogP contribution in [0.15, 0.2) is 24.4 Å². The second-order valence-corrected chi connectivity index (χ2v) is 9.41. The van der Waals surface area contributed by atoms with E-state index >= 15 is 0 Å². The van der Waals surface area contributed by atoms with Gasteiger partial charge in [0.25, 0.3) is 0 Å². The molecule has 36 heavy (non-hydrogen) atoms. The molecule has 0 amide bonds. The van der Waals surface area contributed by atoms with E-state index in [1.54, 1.807) is 34.6 Å². The molecule has 0 radical (unpaired) electrons. The summed E-state index contributed by atoms with van der Waals surface area (Å²) in [5, 5.41) is 16.1. The number of alkyl halides is 3. The predicted molar refractivity (Wildman–Crippen MR) is 125 cm³/mol. The van der Waals surface area contributed by atoms with Gasteiger partial charge in [0.1, 0.15) is 11.1 Å². The second-order valence-electron chi connectivity index (χ2n) is 9.41. The van der Waals surface area contributed by atoms with Gasteiger partial charge >= 0.3 is 18.1 Å². The van der Waals surface area contributed by atoms with Crippen LogP contribution in [0.25, 0.3) is 0 Å². The van der Waals surface area contributed by atoms with Gasteiger partial charge in [-0.05, 0) is 57.9 Å². The molecule has 2 aromatic rings. The lowest BCUT2D eigenvalue weighted by atomic mass is 9.80. The van der Waals surface area contributed by atoms with Gasteiger partial charge in [-0.2, -0.15) is 13.2 Å². The third-order valence-electron chi connectivity index (χ3n) is 5.62. The van der Waals surface area contributed by atoms with Crippen LogP contribution in [-0.2, 0) is 20.4 Å². The van der Waals surface area contributed by atoms with Crippen LogP contribution in [0, 0.1) is 0 Å². The first-order valence-electron chi connectivity index (χ1n) is 11.4. The van der Waals surface area contributed by atoms with Crippen molar-refractivity contribution < 1.29 is 37.3 Å². The molecule has 1 aliphatic rings. The van der Waals surface area contributed by atoms with E-state index in [0.717, 1.165) is 18.3 Å². The van der Waals surface area contributed by atoms with Crippen LogP contribution >= 0.6 is 0 Å². The van der Waals surface area contributed by atoms with Crippen LogP contribution in [-0.4, -0.2) is 44.8 Å². The van der Waals surface area contributed by atoms with E-state index in [2.05, 4.69) is 20.6 Å². The lowest BCUT2D eigenvalue weighted by Crippen LogP contribution is -2.51. The van der Waals surface area contributed by atoms with Crippen LogP contribution < -0.4 is 10.6 Å². The molecular weight excluding hydrogens is 481 g/mol. The first-order valence-corrected chi connectivity index (χ1v) is 11.4. The maximum Gasteiger partial charge on any atom is 0.416 e. The smallest absolute Gasteiger partial charge is 0.416 e. The average Bonchev–Trinajstić information content (AvgIpc) is 2.78. The number of ether oxygens (including phenoxy) is 2. The molecular formula is C24H29F3N4O5. The maximum absolute atomic E-state index is 13.5. The first-order chi connectivity index (χ1) is 16.7. The molecule has 0 fully saturated rings. The topological polar surface area (TPSA) is 123 Å². The summed E-state index contributed by atoms with van der Waals surface area (Å²) in [5.41, 5.74) is -2.82. The van der Waals surface area contributed by atoms with E-state index in [1.165, 1.54) is 6.07 Å². The zero-order valence-corrected chi connectivity index (χ0v) is 20.6. The van der Waals surface area contributed by atoms with Crippen molar-refractivity contribution in [3.63, 3.8) is 0 Å². The number of nitrogens with one attached hydrogen (secondary N) is 2. The van der Waals surface area contributed by atoms with E-state index in [-0.39, 0.29) is 31.0 Å². The van der Waals surface area contributed by atoms with Gasteiger partial charge in [0.15, 0.2) is 11.4 Å². The number of hydrogen-bond acceptors (Lipinski definition) is 9. The highest BCUT2D eigenvalue weighted by molar-refractivity contribution is 5.90. The number of fused-ring (bicyclic) bond motifs is 1. The summed E-state index contributed by atoms with van der Waals surface area (Å²) < 4.78 is 50.9. The molecule has 0 saturated carbocycles. The Bertz CT molecular complexity index is 1150. The number of anilines is 2. The Labute approximate surface area is 206 Å². The van der Waals surface area contributed by atoms with Gasteiger partial charge in [0, 0.05) is 12.1 Å². The van der Waals surface area contributed by atoms with Crippen LogP contribution in [0.1, 0.15) is 75.1 Å². The minimum absolute atomic E-state index is 0.00263. The van der Waals surface area contributed by atoms with E-state index in [0.29, 0.717) is 5.69 Å². The SMILES string of the molecule is CCOC(=O)[C@@]1(CC)C[C@H](Nc2ncc(O)c(C(=O)OC(C)(C)C)n2)c2cc(C(F)(F)F)ccc2N1. The van der Waals surface area contributed by atoms with Gasteiger partial charge in [0.2, 0.25) is 5.95 Å². The predicted octanol–water partition coefficient (Wildman–Crippen LogP) is 4.84. The van der Waals surface area contributed by atoms with Gasteiger partial charge in [-0.25, -0.2) is 19.6 Å². The van der Waals surface area contributed by atoms with Gasteiger partial charge in [0.05, 0.1) is 24.4 Å². The van der Waals surface area contributed by atoms with Gasteiger partial charge in [-0.15, -0.1) is 0 Å². The maximum atomic E-state index is 13.5. The van der Waals surface area contributed by atoms with Crippen LogP contribution in [0.5, 0.6) is 5.75 Å². The van der Waals surface area contributed by atoms with E-state index < -0.39 is 52.3 Å². The van der Waals surface area contributed by atoms with Crippen LogP contribution in [0.3, 0.4) is 0 Å². The van der Waals surface area contributed by atoms with Crippen molar-refractivity contribution in [1.29, 1.82) is 0 Å². The van der Waals surface area contributed by atoms with Gasteiger partial charge in [-0.1, -0.05) is 6.92 Å². The molecule has 1 aliphatic heterocycles. The second kappa shape index (κ2) is 9.82. The van der Waals surface area contributed by atoms with E-state index in [1.807, 2.05) is 0 Å². The molecule has 0 bridgehead atoms. The molecule has 0 aliphatic carbocycles. The number of aromatic nitrogens is 2. The largest absolute Gasteiger partial charge is 0.504 e. The van der Waals surface area contributed by atoms with Crippen molar-refractivity contribution >= 4 is 23.6 Å². The van der Waals surface area contributed by atoms with Crippen molar-refractivity contribution in [2.75, 3.05) is 17.2 Å². The summed E-state index contributed by atoms with van der Waals surface area (Å²) in [6.45, 7) is 8.48. The van der Waals surface area contributed by atoms with Crippen LogP contribution in [0.2, 0.25) is 0 Å². The summed E-state index contributed by atoms with van der Waals surface area (Å²) in [7, 11) is 0. The summed E-state index contributed by atoms with van der Waals surface area (Å²) >= 11 is 0. The number of nitrogens with zero attached hydrogens (tertiary/aromatic N) is 2. The Balaban J connectivity index is 2.05. The summed E-state index contributed by atoms with van der Waals surface area (Å²) in [4.78, 5) is 33.4. The Morgan fingerprint density at radius 2 is 1.94 bits per heavy atom. The average molecular weight is 511 g/mol. The molecule has 2 heterocycles. The summed E-state index contributed by atoms with van der Waals surface area (Å²) in [6, 6.07) is 2.31.